The molecule has 0 saturated heterocycles. The van der Waals surface area contributed by atoms with Crippen LogP contribution < -0.4 is 0 Å². The van der Waals surface area contributed by atoms with Crippen LogP contribution in [0, 0.1) is 62.6 Å². The van der Waals surface area contributed by atoms with Crippen LogP contribution in [0.1, 0.15) is 13.8 Å². The third-order valence-corrected chi connectivity index (χ3v) is 4.65. The highest BCUT2D eigenvalue weighted by molar-refractivity contribution is 6.00. The van der Waals surface area contributed by atoms with E-state index in [0.29, 0.717) is 13.1 Å². The second-order valence-corrected chi connectivity index (χ2v) is 5.53. The normalized spacial score (nSPS) is 30.2. The van der Waals surface area contributed by atoms with Gasteiger partial charge in [0, 0.05) is 31.8 Å². The van der Waals surface area contributed by atoms with Gasteiger partial charge in [-0.3, -0.25) is 4.79 Å². The highest BCUT2D eigenvalue weighted by atomic mass is 16.2. The Morgan fingerprint density at radius 1 is 1.43 bits per heavy atom. The zero-order valence-electron chi connectivity index (χ0n) is 11.9. The zero-order valence-corrected chi connectivity index (χ0v) is 11.9. The van der Waals surface area contributed by atoms with Crippen LogP contribution in [0.2, 0.25) is 0 Å². The molecule has 6 nitrogen and oxygen atoms in total. The van der Waals surface area contributed by atoms with Gasteiger partial charge in [-0.25, -0.2) is 0 Å². The molecule has 1 fully saturated rings. The van der Waals surface area contributed by atoms with Crippen molar-refractivity contribution in [2.45, 2.75) is 13.8 Å². The number of nitrogens with one attached hydrogen (secondary N) is 1. The molecule has 1 N–H and O–H groups in total. The number of nitriles is 3. The Balaban J connectivity index is 2.55. The predicted octanol–water partition coefficient (Wildman–Crippen LogP) is 1.23. The molecule has 1 aliphatic heterocycles. The molecule has 0 unspecified atom stereocenters. The van der Waals surface area contributed by atoms with Gasteiger partial charge in [-0.2, -0.15) is 15.8 Å². The Hall–Kier alpha value is -2.65. The van der Waals surface area contributed by atoms with Crippen LogP contribution in [-0.2, 0) is 4.79 Å². The van der Waals surface area contributed by atoms with Gasteiger partial charge in [0.2, 0.25) is 5.91 Å². The largest absolute Gasteiger partial charge is 0.339 e. The molecule has 0 bridgehead atoms. The number of hydrogen-bond acceptors (Lipinski definition) is 5. The SMILES string of the molecule is CC(=O)N1CC=C2[C@H](C#N)C(=N)C(C#N)(C#N)[C@@H](C)[C@H]2C1. The van der Waals surface area contributed by atoms with Crippen molar-refractivity contribution in [1.82, 2.24) is 4.90 Å². The third kappa shape index (κ3) is 1.90. The summed E-state index contributed by atoms with van der Waals surface area (Å²) >= 11 is 0. The van der Waals surface area contributed by atoms with E-state index >= 15 is 0 Å². The average molecular weight is 281 g/mol. The average Bonchev–Trinajstić information content (AvgIpc) is 2.49. The standard InChI is InChI=1S/C15H15N5O/c1-9-13-6-20(10(2)21)4-3-11(13)12(5-16)14(19)15(9,7-17)8-18/h3,9,12-13,19H,4,6H2,1-2H3/t9-,12-,13+/m0/s1. The van der Waals surface area contributed by atoms with Gasteiger partial charge in [0.05, 0.1) is 23.9 Å². The molecule has 1 amide bonds. The summed E-state index contributed by atoms with van der Waals surface area (Å²) in [6, 6.07) is 5.92. The number of rotatable bonds is 0. The number of amides is 1. The molecule has 0 spiro atoms. The Kier molecular flexibility index (Phi) is 3.54. The molecule has 3 atom stereocenters. The summed E-state index contributed by atoms with van der Waals surface area (Å²) in [5.74, 6) is -1.59. The Morgan fingerprint density at radius 3 is 2.52 bits per heavy atom. The first kappa shape index (κ1) is 14.8. The Labute approximate surface area is 123 Å². The van der Waals surface area contributed by atoms with E-state index in [4.69, 9.17) is 5.41 Å². The second kappa shape index (κ2) is 5.04. The van der Waals surface area contributed by atoms with Crippen molar-refractivity contribution >= 4 is 11.6 Å². The maximum atomic E-state index is 11.6. The number of carbonyl (C=O) groups excluding carboxylic acids is 1. The van der Waals surface area contributed by atoms with Crippen molar-refractivity contribution in [1.29, 1.82) is 21.2 Å². The fraction of sp³-hybridized carbons (Fsp3) is 0.533. The van der Waals surface area contributed by atoms with Gasteiger partial charge in [0.15, 0.2) is 5.41 Å². The van der Waals surface area contributed by atoms with Gasteiger partial charge in [-0.1, -0.05) is 13.0 Å². The van der Waals surface area contributed by atoms with E-state index in [1.807, 2.05) is 18.2 Å². The smallest absolute Gasteiger partial charge is 0.219 e. The molecular formula is C15H15N5O. The van der Waals surface area contributed by atoms with E-state index in [1.165, 1.54) is 6.92 Å². The molecular weight excluding hydrogens is 266 g/mol. The van der Waals surface area contributed by atoms with Crippen LogP contribution in [-0.4, -0.2) is 29.6 Å². The molecule has 1 heterocycles. The van der Waals surface area contributed by atoms with Crippen molar-refractivity contribution in [2.24, 2.45) is 23.2 Å². The summed E-state index contributed by atoms with van der Waals surface area (Å²) in [6.07, 6.45) is 1.80. The van der Waals surface area contributed by atoms with Crippen LogP contribution in [0.25, 0.3) is 0 Å². The van der Waals surface area contributed by atoms with Crippen molar-refractivity contribution in [3.05, 3.63) is 11.6 Å². The van der Waals surface area contributed by atoms with E-state index < -0.39 is 17.3 Å². The summed E-state index contributed by atoms with van der Waals surface area (Å²) in [6.45, 7) is 4.01. The maximum absolute atomic E-state index is 11.6. The lowest BCUT2D eigenvalue weighted by Gasteiger charge is -2.46. The third-order valence-electron chi connectivity index (χ3n) is 4.65. The molecule has 106 valence electrons. The molecule has 1 saturated carbocycles. The molecule has 2 rings (SSSR count). The number of carbonyl (C=O) groups is 1. The second-order valence-electron chi connectivity index (χ2n) is 5.53. The summed E-state index contributed by atoms with van der Waals surface area (Å²) in [5, 5.41) is 36.4. The van der Waals surface area contributed by atoms with Crippen LogP contribution in [0.5, 0.6) is 0 Å². The van der Waals surface area contributed by atoms with Crippen molar-refractivity contribution < 1.29 is 4.79 Å². The van der Waals surface area contributed by atoms with Gasteiger partial charge in [-0.15, -0.1) is 0 Å². The minimum atomic E-state index is -1.60. The van der Waals surface area contributed by atoms with Gasteiger partial charge >= 0.3 is 0 Å². The lowest BCUT2D eigenvalue weighted by molar-refractivity contribution is -0.129. The first-order valence-corrected chi connectivity index (χ1v) is 6.69. The lowest BCUT2D eigenvalue weighted by Crippen LogP contribution is -2.53. The minimum absolute atomic E-state index is 0.0776. The molecule has 6 heteroatoms. The van der Waals surface area contributed by atoms with Crippen LogP contribution in [0.3, 0.4) is 0 Å². The van der Waals surface area contributed by atoms with Crippen molar-refractivity contribution in [3.8, 4) is 18.2 Å². The molecule has 1 aliphatic carbocycles. The van der Waals surface area contributed by atoms with Gasteiger partial charge < -0.3 is 10.3 Å². The van der Waals surface area contributed by atoms with E-state index in [2.05, 4.69) is 0 Å². The highest BCUT2D eigenvalue weighted by Gasteiger charge is 2.55. The first-order valence-electron chi connectivity index (χ1n) is 6.69. The molecule has 0 aromatic heterocycles. The topological polar surface area (TPSA) is 116 Å². The quantitative estimate of drug-likeness (QED) is 0.672. The number of nitrogens with zero attached hydrogens (tertiary/aromatic N) is 4. The van der Waals surface area contributed by atoms with E-state index in [9.17, 15) is 20.6 Å². The highest BCUT2D eigenvalue weighted by Crippen LogP contribution is 2.48. The van der Waals surface area contributed by atoms with Gasteiger partial charge in [0.1, 0.15) is 5.92 Å². The van der Waals surface area contributed by atoms with E-state index in [0.717, 1.165) is 5.57 Å². The molecule has 21 heavy (non-hydrogen) atoms. The van der Waals surface area contributed by atoms with Crippen LogP contribution in [0.15, 0.2) is 11.6 Å². The van der Waals surface area contributed by atoms with Gasteiger partial charge in [0.25, 0.3) is 0 Å². The molecule has 0 radical (unpaired) electrons. The zero-order chi connectivity index (χ0) is 15.8. The molecule has 2 aliphatic rings. The minimum Gasteiger partial charge on any atom is -0.339 e. The summed E-state index contributed by atoms with van der Waals surface area (Å²) in [4.78, 5) is 13.2. The fourth-order valence-electron chi connectivity index (χ4n) is 3.25. The Morgan fingerprint density at radius 2 is 2.05 bits per heavy atom. The van der Waals surface area contributed by atoms with Crippen molar-refractivity contribution in [3.63, 3.8) is 0 Å². The lowest BCUT2D eigenvalue weighted by atomic mass is 9.56. The molecule has 0 aromatic carbocycles. The van der Waals surface area contributed by atoms with E-state index in [-0.39, 0.29) is 17.5 Å². The molecule has 0 aromatic rings. The fourth-order valence-corrected chi connectivity index (χ4v) is 3.25. The predicted molar refractivity (Wildman–Crippen MR) is 73.5 cm³/mol. The van der Waals surface area contributed by atoms with Crippen LogP contribution >= 0.6 is 0 Å². The first-order chi connectivity index (χ1) is 9.92. The number of fused-ring (bicyclic) bond motifs is 1. The van der Waals surface area contributed by atoms with Crippen molar-refractivity contribution in [2.75, 3.05) is 13.1 Å². The maximum Gasteiger partial charge on any atom is 0.219 e. The number of hydrogen-bond donors (Lipinski definition) is 1. The summed E-state index contributed by atoms with van der Waals surface area (Å²) in [7, 11) is 0. The monoisotopic (exact) mass is 281 g/mol. The van der Waals surface area contributed by atoms with E-state index in [1.54, 1.807) is 17.9 Å². The Bertz CT molecular complexity index is 643. The van der Waals surface area contributed by atoms with Gasteiger partial charge in [-0.05, 0) is 5.57 Å². The summed E-state index contributed by atoms with van der Waals surface area (Å²) < 4.78 is 0. The van der Waals surface area contributed by atoms with Crippen LogP contribution in [0.4, 0.5) is 0 Å². The summed E-state index contributed by atoms with van der Waals surface area (Å²) in [5.41, 5.74) is -0.961.